The fourth-order valence-electron chi connectivity index (χ4n) is 2.69. The number of halogens is 3. The van der Waals surface area contributed by atoms with Gasteiger partial charge in [-0.25, -0.2) is 13.2 Å². The second kappa shape index (κ2) is 5.07. The summed E-state index contributed by atoms with van der Waals surface area (Å²) in [5.74, 6) is -4.67. The molecule has 1 aliphatic rings. The molecule has 0 aromatic heterocycles. The molecule has 1 saturated carbocycles. The molecule has 0 unspecified atom stereocenters. The number of carboxylic acid groups (broad SMARTS) is 1. The van der Waals surface area contributed by atoms with E-state index >= 15 is 0 Å². The van der Waals surface area contributed by atoms with Crippen LogP contribution in [0.1, 0.15) is 31.2 Å². The molecule has 1 aromatic rings. The summed E-state index contributed by atoms with van der Waals surface area (Å²) < 4.78 is 41.6. The van der Waals surface area contributed by atoms with E-state index in [0.29, 0.717) is 12.8 Å². The van der Waals surface area contributed by atoms with Gasteiger partial charge < -0.3 is 5.11 Å². The highest BCUT2D eigenvalue weighted by Crippen LogP contribution is 2.44. The third-order valence-electron chi connectivity index (χ3n) is 3.70. The summed E-state index contributed by atoms with van der Waals surface area (Å²) >= 11 is 0.757. The van der Waals surface area contributed by atoms with E-state index < -0.39 is 33.7 Å². The van der Waals surface area contributed by atoms with Crippen molar-refractivity contribution in [2.24, 2.45) is 0 Å². The average Bonchev–Trinajstić information content (AvgIpc) is 2.85. The number of rotatable bonds is 3. The third kappa shape index (κ3) is 2.12. The second-order valence-electron chi connectivity index (χ2n) is 4.66. The van der Waals surface area contributed by atoms with Crippen LogP contribution < -0.4 is 0 Å². The number of thioether (sulfide) groups is 1. The van der Waals surface area contributed by atoms with Gasteiger partial charge in [-0.1, -0.05) is 12.8 Å². The van der Waals surface area contributed by atoms with Crippen molar-refractivity contribution in [2.75, 3.05) is 6.26 Å². The lowest BCUT2D eigenvalue weighted by molar-refractivity contribution is -0.143. The SMILES string of the molecule is CSc1c(F)cc(C2(C(=O)O)CCCC2)c(F)c1F. The van der Waals surface area contributed by atoms with Crippen LogP contribution in [0.25, 0.3) is 0 Å². The standard InChI is InChI=1S/C13H13F3O2S/c1-19-11-8(14)6-7(9(15)10(11)16)13(12(17)18)4-2-3-5-13/h6H,2-5H2,1H3,(H,17,18). The molecule has 0 saturated heterocycles. The van der Waals surface area contributed by atoms with E-state index in [1.165, 1.54) is 6.26 Å². The molecule has 0 amide bonds. The zero-order valence-corrected chi connectivity index (χ0v) is 11.1. The molecule has 1 N–H and O–H groups in total. The molecule has 0 atom stereocenters. The van der Waals surface area contributed by atoms with Gasteiger partial charge in [-0.3, -0.25) is 4.79 Å². The van der Waals surface area contributed by atoms with Crippen molar-refractivity contribution in [1.29, 1.82) is 0 Å². The van der Waals surface area contributed by atoms with Crippen LogP contribution in [0.15, 0.2) is 11.0 Å². The van der Waals surface area contributed by atoms with Crippen LogP contribution >= 0.6 is 11.8 Å². The van der Waals surface area contributed by atoms with Crippen molar-refractivity contribution >= 4 is 17.7 Å². The van der Waals surface area contributed by atoms with Crippen molar-refractivity contribution in [3.63, 3.8) is 0 Å². The Morgan fingerprint density at radius 3 is 2.32 bits per heavy atom. The number of carbonyl (C=O) groups is 1. The lowest BCUT2D eigenvalue weighted by Crippen LogP contribution is -2.34. The van der Waals surface area contributed by atoms with Crippen molar-refractivity contribution in [2.45, 2.75) is 36.0 Å². The highest BCUT2D eigenvalue weighted by atomic mass is 32.2. The Labute approximate surface area is 113 Å². The number of hydrogen-bond acceptors (Lipinski definition) is 2. The second-order valence-corrected chi connectivity index (χ2v) is 5.48. The highest BCUT2D eigenvalue weighted by Gasteiger charge is 2.46. The Bertz CT molecular complexity index is 525. The minimum Gasteiger partial charge on any atom is -0.481 e. The number of carboxylic acids is 1. The molecule has 0 spiro atoms. The molecule has 1 aliphatic carbocycles. The van der Waals surface area contributed by atoms with Crippen LogP contribution in [0.3, 0.4) is 0 Å². The minimum atomic E-state index is -1.50. The molecule has 1 fully saturated rings. The fraction of sp³-hybridized carbons (Fsp3) is 0.462. The summed E-state index contributed by atoms with van der Waals surface area (Å²) in [5, 5.41) is 9.33. The van der Waals surface area contributed by atoms with Crippen LogP contribution in [0.2, 0.25) is 0 Å². The molecule has 2 rings (SSSR count). The Hall–Kier alpha value is -1.17. The summed E-state index contributed by atoms with van der Waals surface area (Å²) in [6.07, 6.45) is 3.06. The minimum absolute atomic E-state index is 0.205. The topological polar surface area (TPSA) is 37.3 Å². The molecule has 1 aromatic carbocycles. The van der Waals surface area contributed by atoms with E-state index in [4.69, 9.17) is 0 Å². The Balaban J connectivity index is 2.65. The van der Waals surface area contributed by atoms with Gasteiger partial charge in [0.1, 0.15) is 5.82 Å². The van der Waals surface area contributed by atoms with E-state index in [-0.39, 0.29) is 18.4 Å². The summed E-state index contributed by atoms with van der Waals surface area (Å²) in [5.41, 5.74) is -1.87. The van der Waals surface area contributed by atoms with E-state index in [9.17, 15) is 23.1 Å². The Morgan fingerprint density at radius 1 is 1.26 bits per heavy atom. The number of hydrogen-bond donors (Lipinski definition) is 1. The van der Waals surface area contributed by atoms with Crippen LogP contribution in [0.5, 0.6) is 0 Å². The summed E-state index contributed by atoms with van der Waals surface area (Å²) in [4.78, 5) is 11.0. The molecule has 0 heterocycles. The van der Waals surface area contributed by atoms with Gasteiger partial charge in [0, 0.05) is 5.56 Å². The molecule has 0 aliphatic heterocycles. The van der Waals surface area contributed by atoms with E-state index in [1.807, 2.05) is 0 Å². The van der Waals surface area contributed by atoms with Crippen molar-refractivity contribution in [3.8, 4) is 0 Å². The summed E-state index contributed by atoms with van der Waals surface area (Å²) in [6.45, 7) is 0. The van der Waals surface area contributed by atoms with Crippen molar-refractivity contribution < 1.29 is 23.1 Å². The van der Waals surface area contributed by atoms with E-state index in [0.717, 1.165) is 17.8 Å². The van der Waals surface area contributed by atoms with Gasteiger partial charge >= 0.3 is 5.97 Å². The Kier molecular flexibility index (Phi) is 3.80. The first-order chi connectivity index (χ1) is 8.94. The summed E-state index contributed by atoms with van der Waals surface area (Å²) in [7, 11) is 0. The molecule has 2 nitrogen and oxygen atoms in total. The molecule has 19 heavy (non-hydrogen) atoms. The quantitative estimate of drug-likeness (QED) is 0.681. The maximum atomic E-state index is 14.1. The predicted octanol–water partition coefficient (Wildman–Crippen LogP) is 3.72. The maximum Gasteiger partial charge on any atom is 0.314 e. The first kappa shape index (κ1) is 14.2. The number of benzene rings is 1. The van der Waals surface area contributed by atoms with Gasteiger partial charge in [0.15, 0.2) is 11.6 Å². The monoisotopic (exact) mass is 290 g/mol. The number of aliphatic carboxylic acids is 1. The van der Waals surface area contributed by atoms with E-state index in [1.54, 1.807) is 0 Å². The van der Waals surface area contributed by atoms with Gasteiger partial charge in [-0.05, 0) is 25.2 Å². The fourth-order valence-corrected chi connectivity index (χ4v) is 3.21. The smallest absolute Gasteiger partial charge is 0.314 e. The third-order valence-corrected chi connectivity index (χ3v) is 4.49. The van der Waals surface area contributed by atoms with Crippen LogP contribution in [0.4, 0.5) is 13.2 Å². The van der Waals surface area contributed by atoms with Gasteiger partial charge in [-0.15, -0.1) is 11.8 Å². The first-order valence-electron chi connectivity index (χ1n) is 5.89. The molecular weight excluding hydrogens is 277 g/mol. The van der Waals surface area contributed by atoms with Crippen LogP contribution in [0, 0.1) is 17.5 Å². The summed E-state index contributed by atoms with van der Waals surface area (Å²) in [6, 6.07) is 0.837. The van der Waals surface area contributed by atoms with Gasteiger partial charge in [0.2, 0.25) is 0 Å². The van der Waals surface area contributed by atoms with Crippen molar-refractivity contribution in [3.05, 3.63) is 29.1 Å². The molecule has 0 radical (unpaired) electrons. The Morgan fingerprint density at radius 2 is 1.84 bits per heavy atom. The van der Waals surface area contributed by atoms with Gasteiger partial charge in [0.05, 0.1) is 10.3 Å². The molecule has 0 bridgehead atoms. The predicted molar refractivity (Wildman–Crippen MR) is 65.9 cm³/mol. The lowest BCUT2D eigenvalue weighted by atomic mass is 9.78. The molecular formula is C13H13F3O2S. The molecule has 6 heteroatoms. The zero-order valence-electron chi connectivity index (χ0n) is 10.3. The maximum absolute atomic E-state index is 14.1. The zero-order chi connectivity index (χ0) is 14.2. The lowest BCUT2D eigenvalue weighted by Gasteiger charge is -2.25. The van der Waals surface area contributed by atoms with Crippen molar-refractivity contribution in [1.82, 2.24) is 0 Å². The van der Waals surface area contributed by atoms with E-state index in [2.05, 4.69) is 0 Å². The molecule has 104 valence electrons. The highest BCUT2D eigenvalue weighted by molar-refractivity contribution is 7.98. The largest absolute Gasteiger partial charge is 0.481 e. The van der Waals surface area contributed by atoms with Gasteiger partial charge in [0.25, 0.3) is 0 Å². The normalized spacial score (nSPS) is 17.7. The first-order valence-corrected chi connectivity index (χ1v) is 7.12. The average molecular weight is 290 g/mol. The van der Waals surface area contributed by atoms with Crippen LogP contribution in [-0.4, -0.2) is 17.3 Å². The van der Waals surface area contributed by atoms with Gasteiger partial charge in [-0.2, -0.15) is 0 Å². The van der Waals surface area contributed by atoms with Crippen LogP contribution in [-0.2, 0) is 10.2 Å².